The molecule has 3 heteroatoms. The second-order valence-electron chi connectivity index (χ2n) is 4.03. The van der Waals surface area contributed by atoms with E-state index in [1.54, 1.807) is 14.2 Å². The molecular formula is C13H19BrO2. The number of rotatable bonds is 5. The molecule has 0 bridgehead atoms. The average Bonchev–Trinajstić information content (AvgIpc) is 2.35. The molecule has 0 spiro atoms. The zero-order chi connectivity index (χ0) is 12.1. The van der Waals surface area contributed by atoms with E-state index >= 15 is 0 Å². The summed E-state index contributed by atoms with van der Waals surface area (Å²) in [5, 5.41) is 0.981. The summed E-state index contributed by atoms with van der Waals surface area (Å²) in [5.74, 6) is 2.80. The summed E-state index contributed by atoms with van der Waals surface area (Å²) >= 11 is 3.52. The third kappa shape index (κ3) is 2.91. The minimum absolute atomic E-state index is 0.435. The van der Waals surface area contributed by atoms with Gasteiger partial charge in [-0.05, 0) is 30.0 Å². The van der Waals surface area contributed by atoms with Crippen LogP contribution >= 0.6 is 15.9 Å². The van der Waals surface area contributed by atoms with Crippen molar-refractivity contribution in [1.29, 1.82) is 0 Å². The van der Waals surface area contributed by atoms with Gasteiger partial charge in [0.05, 0.1) is 14.2 Å². The molecule has 1 rings (SSSR count). The van der Waals surface area contributed by atoms with Gasteiger partial charge in [0.1, 0.15) is 11.5 Å². The average molecular weight is 287 g/mol. The van der Waals surface area contributed by atoms with Gasteiger partial charge in [0.15, 0.2) is 0 Å². The van der Waals surface area contributed by atoms with Crippen LogP contribution in [-0.4, -0.2) is 19.5 Å². The molecule has 0 saturated heterocycles. The van der Waals surface area contributed by atoms with E-state index in [1.165, 1.54) is 5.56 Å². The number of hydrogen-bond acceptors (Lipinski definition) is 2. The quantitative estimate of drug-likeness (QED) is 0.766. The Morgan fingerprint density at radius 2 is 1.88 bits per heavy atom. The van der Waals surface area contributed by atoms with Crippen molar-refractivity contribution in [3.63, 3.8) is 0 Å². The SMILES string of the molecule is COc1ccc(OC)c(C(C)C(C)CBr)c1. The molecule has 1 aromatic rings. The van der Waals surface area contributed by atoms with E-state index in [-0.39, 0.29) is 0 Å². The zero-order valence-electron chi connectivity index (χ0n) is 10.3. The van der Waals surface area contributed by atoms with Crippen molar-refractivity contribution in [2.24, 2.45) is 5.92 Å². The van der Waals surface area contributed by atoms with Crippen LogP contribution in [-0.2, 0) is 0 Å². The summed E-state index contributed by atoms with van der Waals surface area (Å²) in [6.07, 6.45) is 0. The molecule has 2 nitrogen and oxygen atoms in total. The number of halogens is 1. The highest BCUT2D eigenvalue weighted by atomic mass is 79.9. The van der Waals surface area contributed by atoms with Crippen molar-refractivity contribution in [1.82, 2.24) is 0 Å². The first-order valence-corrected chi connectivity index (χ1v) is 6.54. The van der Waals surface area contributed by atoms with Crippen molar-refractivity contribution < 1.29 is 9.47 Å². The Morgan fingerprint density at radius 1 is 1.19 bits per heavy atom. The Kier molecular flexibility index (Phi) is 5.13. The lowest BCUT2D eigenvalue weighted by atomic mass is 9.89. The van der Waals surface area contributed by atoms with Crippen LogP contribution in [0.5, 0.6) is 11.5 Å². The normalized spacial score (nSPS) is 14.3. The van der Waals surface area contributed by atoms with Crippen LogP contribution in [0.2, 0.25) is 0 Å². The fraction of sp³-hybridized carbons (Fsp3) is 0.538. The van der Waals surface area contributed by atoms with Crippen molar-refractivity contribution in [3.05, 3.63) is 23.8 Å². The van der Waals surface area contributed by atoms with E-state index in [1.807, 2.05) is 12.1 Å². The largest absolute Gasteiger partial charge is 0.497 e. The number of alkyl halides is 1. The molecule has 90 valence electrons. The Balaban J connectivity index is 3.07. The standard InChI is InChI=1S/C13H19BrO2/c1-9(8-14)10(2)12-7-11(15-3)5-6-13(12)16-4/h5-7,9-10H,8H2,1-4H3. The van der Waals surface area contributed by atoms with Crippen LogP contribution in [0.4, 0.5) is 0 Å². The molecule has 0 saturated carbocycles. The first-order chi connectivity index (χ1) is 7.63. The van der Waals surface area contributed by atoms with Crippen LogP contribution in [0.15, 0.2) is 18.2 Å². The molecule has 0 amide bonds. The van der Waals surface area contributed by atoms with E-state index in [0.717, 1.165) is 16.8 Å². The number of benzene rings is 1. The van der Waals surface area contributed by atoms with E-state index in [9.17, 15) is 0 Å². The minimum Gasteiger partial charge on any atom is -0.497 e. The van der Waals surface area contributed by atoms with Gasteiger partial charge in [-0.1, -0.05) is 29.8 Å². The lowest BCUT2D eigenvalue weighted by Crippen LogP contribution is -2.09. The van der Waals surface area contributed by atoms with Crippen LogP contribution in [0.3, 0.4) is 0 Å². The van der Waals surface area contributed by atoms with Crippen molar-refractivity contribution >= 4 is 15.9 Å². The van der Waals surface area contributed by atoms with Gasteiger partial charge in [-0.3, -0.25) is 0 Å². The predicted molar refractivity (Wildman–Crippen MR) is 70.9 cm³/mol. The first kappa shape index (κ1) is 13.4. The van der Waals surface area contributed by atoms with Gasteiger partial charge in [-0.25, -0.2) is 0 Å². The smallest absolute Gasteiger partial charge is 0.122 e. The molecule has 0 heterocycles. The van der Waals surface area contributed by atoms with Crippen LogP contribution in [0.25, 0.3) is 0 Å². The van der Waals surface area contributed by atoms with Crippen LogP contribution in [0, 0.1) is 5.92 Å². The van der Waals surface area contributed by atoms with Gasteiger partial charge in [-0.2, -0.15) is 0 Å². The molecule has 0 radical (unpaired) electrons. The molecule has 0 aliphatic rings. The van der Waals surface area contributed by atoms with Crippen molar-refractivity contribution in [3.8, 4) is 11.5 Å². The first-order valence-electron chi connectivity index (χ1n) is 5.41. The van der Waals surface area contributed by atoms with Crippen molar-refractivity contribution in [2.75, 3.05) is 19.5 Å². The molecule has 16 heavy (non-hydrogen) atoms. The van der Waals surface area contributed by atoms with Crippen LogP contribution in [0.1, 0.15) is 25.3 Å². The van der Waals surface area contributed by atoms with E-state index in [2.05, 4.69) is 35.8 Å². The molecular weight excluding hydrogens is 268 g/mol. The summed E-state index contributed by atoms with van der Waals surface area (Å²) in [5.41, 5.74) is 1.20. The Bertz CT molecular complexity index is 339. The predicted octanol–water partition coefficient (Wildman–Crippen LogP) is 3.84. The maximum atomic E-state index is 5.39. The number of methoxy groups -OCH3 is 2. The Labute approximate surface area is 106 Å². The molecule has 0 aliphatic heterocycles. The highest BCUT2D eigenvalue weighted by Crippen LogP contribution is 2.34. The van der Waals surface area contributed by atoms with Gasteiger partial charge in [0.2, 0.25) is 0 Å². The van der Waals surface area contributed by atoms with Gasteiger partial charge < -0.3 is 9.47 Å². The summed E-state index contributed by atoms with van der Waals surface area (Å²) in [7, 11) is 3.39. The minimum atomic E-state index is 0.435. The third-order valence-corrected chi connectivity index (χ3v) is 4.05. The molecule has 0 aliphatic carbocycles. The fourth-order valence-corrected chi connectivity index (χ4v) is 2.20. The Hall–Kier alpha value is -0.700. The second kappa shape index (κ2) is 6.14. The fourth-order valence-electron chi connectivity index (χ4n) is 1.64. The second-order valence-corrected chi connectivity index (χ2v) is 4.68. The lowest BCUT2D eigenvalue weighted by molar-refractivity contribution is 0.390. The maximum absolute atomic E-state index is 5.39. The monoisotopic (exact) mass is 286 g/mol. The molecule has 1 aromatic carbocycles. The highest BCUT2D eigenvalue weighted by molar-refractivity contribution is 9.09. The third-order valence-electron chi connectivity index (χ3n) is 3.02. The zero-order valence-corrected chi connectivity index (χ0v) is 11.9. The molecule has 0 fully saturated rings. The summed E-state index contributed by atoms with van der Waals surface area (Å²) in [6.45, 7) is 4.43. The van der Waals surface area contributed by atoms with Gasteiger partial charge in [0.25, 0.3) is 0 Å². The number of ether oxygens (including phenoxy) is 2. The molecule has 0 N–H and O–H groups in total. The van der Waals surface area contributed by atoms with Gasteiger partial charge in [-0.15, -0.1) is 0 Å². The van der Waals surface area contributed by atoms with Crippen molar-refractivity contribution in [2.45, 2.75) is 19.8 Å². The van der Waals surface area contributed by atoms with E-state index in [0.29, 0.717) is 11.8 Å². The highest BCUT2D eigenvalue weighted by Gasteiger charge is 2.18. The molecule has 0 aromatic heterocycles. The number of hydrogen-bond donors (Lipinski definition) is 0. The van der Waals surface area contributed by atoms with E-state index < -0.39 is 0 Å². The van der Waals surface area contributed by atoms with Gasteiger partial charge >= 0.3 is 0 Å². The summed E-state index contributed by atoms with van der Waals surface area (Å²) < 4.78 is 10.6. The summed E-state index contributed by atoms with van der Waals surface area (Å²) in [4.78, 5) is 0. The molecule has 2 atom stereocenters. The Morgan fingerprint density at radius 3 is 2.38 bits per heavy atom. The topological polar surface area (TPSA) is 18.5 Å². The van der Waals surface area contributed by atoms with Gasteiger partial charge in [0, 0.05) is 10.9 Å². The van der Waals surface area contributed by atoms with E-state index in [4.69, 9.17) is 9.47 Å². The molecule has 2 unspecified atom stereocenters. The maximum Gasteiger partial charge on any atom is 0.122 e. The van der Waals surface area contributed by atoms with Crippen LogP contribution < -0.4 is 9.47 Å². The lowest BCUT2D eigenvalue weighted by Gasteiger charge is -2.21. The summed E-state index contributed by atoms with van der Waals surface area (Å²) in [6, 6.07) is 5.95.